The highest BCUT2D eigenvalue weighted by Gasteiger charge is 1.96. The van der Waals surface area contributed by atoms with Crippen LogP contribution in [0.1, 0.15) is 11.1 Å². The van der Waals surface area contributed by atoms with E-state index in [1.54, 1.807) is 18.2 Å². The number of benzene rings is 1. The van der Waals surface area contributed by atoms with Gasteiger partial charge in [-0.05, 0) is 24.1 Å². The van der Waals surface area contributed by atoms with Crippen LogP contribution in [0.3, 0.4) is 0 Å². The van der Waals surface area contributed by atoms with Crippen LogP contribution in [0, 0.1) is 6.92 Å². The first-order valence-corrected chi connectivity index (χ1v) is 3.56. The van der Waals surface area contributed by atoms with E-state index in [0.29, 0.717) is 5.69 Å². The summed E-state index contributed by atoms with van der Waals surface area (Å²) in [5, 5.41) is 8.77. The molecule has 3 heteroatoms. The molecule has 12 heavy (non-hydrogen) atoms. The average Bonchev–Trinajstić information content (AvgIpc) is 2.09. The van der Waals surface area contributed by atoms with Gasteiger partial charge in [-0.25, -0.2) is 4.79 Å². The molecule has 0 heterocycles. The number of aryl methyl sites for hydroxylation is 1. The van der Waals surface area contributed by atoms with Gasteiger partial charge in [0.05, 0.1) is 12.3 Å². The molecule has 1 N–H and O–H groups in total. The molecule has 1 aromatic carbocycles. The first-order valence-electron chi connectivity index (χ1n) is 3.56. The van der Waals surface area contributed by atoms with E-state index >= 15 is 0 Å². The van der Waals surface area contributed by atoms with E-state index in [2.05, 4.69) is 4.99 Å². The summed E-state index contributed by atoms with van der Waals surface area (Å²) in [6, 6.07) is 5.20. The number of aliphatic imine (C=N–C) groups is 1. The Hall–Kier alpha value is -1.44. The minimum atomic E-state index is 0.00588. The number of aliphatic hydroxyl groups excluding tert-OH is 1. The summed E-state index contributed by atoms with van der Waals surface area (Å²) in [6.07, 6.45) is 1.47. The lowest BCUT2D eigenvalue weighted by atomic mass is 10.1. The highest BCUT2D eigenvalue weighted by molar-refractivity contribution is 5.54. The maximum Gasteiger partial charge on any atom is 0.240 e. The van der Waals surface area contributed by atoms with Crippen molar-refractivity contribution >= 4 is 11.8 Å². The van der Waals surface area contributed by atoms with Crippen LogP contribution in [0.5, 0.6) is 0 Å². The Balaban J connectivity index is 3.11. The van der Waals surface area contributed by atoms with Crippen LogP contribution in [0.4, 0.5) is 5.69 Å². The van der Waals surface area contributed by atoms with Crippen molar-refractivity contribution in [1.29, 1.82) is 0 Å². The largest absolute Gasteiger partial charge is 0.392 e. The Kier molecular flexibility index (Phi) is 2.75. The molecule has 0 saturated heterocycles. The Bertz CT molecular complexity index is 327. The number of isocyanates is 1. The molecule has 0 aliphatic rings. The smallest absolute Gasteiger partial charge is 0.240 e. The van der Waals surface area contributed by atoms with Gasteiger partial charge in [-0.1, -0.05) is 12.1 Å². The summed E-state index contributed by atoms with van der Waals surface area (Å²) in [7, 11) is 0. The van der Waals surface area contributed by atoms with E-state index < -0.39 is 0 Å². The lowest BCUT2D eigenvalue weighted by molar-refractivity contribution is 0.282. The van der Waals surface area contributed by atoms with Crippen molar-refractivity contribution in [3.63, 3.8) is 0 Å². The van der Waals surface area contributed by atoms with Crippen molar-refractivity contribution in [2.75, 3.05) is 0 Å². The highest BCUT2D eigenvalue weighted by Crippen LogP contribution is 2.18. The van der Waals surface area contributed by atoms with Crippen LogP contribution in [-0.4, -0.2) is 11.2 Å². The molecule has 0 radical (unpaired) electrons. The zero-order valence-corrected chi connectivity index (χ0v) is 6.74. The van der Waals surface area contributed by atoms with Crippen molar-refractivity contribution in [2.24, 2.45) is 4.99 Å². The lowest BCUT2D eigenvalue weighted by Crippen LogP contribution is -1.83. The standard InChI is InChI=1S/C9H9NO2/c1-7-4-8(5-11)2-3-9(7)10-6-12/h2-4,11H,5H2,1H3. The third-order valence-electron chi connectivity index (χ3n) is 1.61. The molecule has 0 fully saturated rings. The monoisotopic (exact) mass is 163 g/mol. The van der Waals surface area contributed by atoms with Gasteiger partial charge in [0.15, 0.2) is 0 Å². The van der Waals surface area contributed by atoms with E-state index in [1.165, 1.54) is 6.08 Å². The number of rotatable bonds is 2. The zero-order valence-electron chi connectivity index (χ0n) is 6.74. The second kappa shape index (κ2) is 3.81. The molecule has 0 spiro atoms. The molecule has 0 unspecified atom stereocenters. The van der Waals surface area contributed by atoms with E-state index in [9.17, 15) is 4.79 Å². The van der Waals surface area contributed by atoms with Gasteiger partial charge in [0.25, 0.3) is 0 Å². The summed E-state index contributed by atoms with van der Waals surface area (Å²) in [4.78, 5) is 13.4. The summed E-state index contributed by atoms with van der Waals surface area (Å²) < 4.78 is 0. The molecule has 0 amide bonds. The van der Waals surface area contributed by atoms with E-state index in [-0.39, 0.29) is 6.61 Å². The van der Waals surface area contributed by atoms with Gasteiger partial charge < -0.3 is 5.11 Å². The Labute approximate surface area is 70.4 Å². The molecular weight excluding hydrogens is 154 g/mol. The first kappa shape index (κ1) is 8.65. The van der Waals surface area contributed by atoms with Crippen molar-refractivity contribution in [3.05, 3.63) is 29.3 Å². The SMILES string of the molecule is Cc1cc(CO)ccc1N=C=O. The number of hydrogen-bond acceptors (Lipinski definition) is 3. The topological polar surface area (TPSA) is 49.7 Å². The molecule has 0 saturated carbocycles. The highest BCUT2D eigenvalue weighted by atomic mass is 16.3. The van der Waals surface area contributed by atoms with Gasteiger partial charge in [-0.3, -0.25) is 0 Å². The van der Waals surface area contributed by atoms with Gasteiger partial charge in [-0.2, -0.15) is 4.99 Å². The Morgan fingerprint density at radius 2 is 2.33 bits per heavy atom. The van der Waals surface area contributed by atoms with Gasteiger partial charge >= 0.3 is 0 Å². The van der Waals surface area contributed by atoms with E-state index in [4.69, 9.17) is 5.11 Å². The summed E-state index contributed by atoms with van der Waals surface area (Å²) in [5.74, 6) is 0. The van der Waals surface area contributed by atoms with Gasteiger partial charge in [0, 0.05) is 0 Å². The third kappa shape index (κ3) is 1.78. The predicted octanol–water partition coefficient (Wildman–Crippen LogP) is 1.45. The molecule has 0 atom stereocenters. The van der Waals surface area contributed by atoms with Crippen LogP contribution in [0.25, 0.3) is 0 Å². The summed E-state index contributed by atoms with van der Waals surface area (Å²) >= 11 is 0. The predicted molar refractivity (Wildman–Crippen MR) is 44.9 cm³/mol. The summed E-state index contributed by atoms with van der Waals surface area (Å²) in [6.45, 7) is 1.83. The van der Waals surface area contributed by atoms with Gasteiger partial charge in [-0.15, -0.1) is 0 Å². The molecule has 1 rings (SSSR count). The number of aliphatic hydroxyl groups is 1. The number of carbonyl (C=O) groups excluding carboxylic acids is 1. The third-order valence-corrected chi connectivity index (χ3v) is 1.61. The molecular formula is C9H9NO2. The van der Waals surface area contributed by atoms with Crippen LogP contribution < -0.4 is 0 Å². The van der Waals surface area contributed by atoms with Gasteiger partial charge in [0.2, 0.25) is 6.08 Å². The maximum absolute atomic E-state index is 9.94. The van der Waals surface area contributed by atoms with Crippen LogP contribution in [-0.2, 0) is 11.4 Å². The molecule has 62 valence electrons. The van der Waals surface area contributed by atoms with Gasteiger partial charge in [0.1, 0.15) is 0 Å². The molecule has 0 aliphatic heterocycles. The normalized spacial score (nSPS) is 9.17. The molecule has 0 aromatic heterocycles. The van der Waals surface area contributed by atoms with Crippen molar-refractivity contribution in [3.8, 4) is 0 Å². The fraction of sp³-hybridized carbons (Fsp3) is 0.222. The lowest BCUT2D eigenvalue weighted by Gasteiger charge is -1.99. The average molecular weight is 163 g/mol. The fourth-order valence-corrected chi connectivity index (χ4v) is 0.991. The van der Waals surface area contributed by atoms with E-state index in [1.807, 2.05) is 6.92 Å². The van der Waals surface area contributed by atoms with Crippen molar-refractivity contribution in [2.45, 2.75) is 13.5 Å². The maximum atomic E-state index is 9.94. The van der Waals surface area contributed by atoms with Crippen LogP contribution in [0.2, 0.25) is 0 Å². The Morgan fingerprint density at radius 1 is 1.58 bits per heavy atom. The molecule has 1 aromatic rings. The van der Waals surface area contributed by atoms with Crippen molar-refractivity contribution < 1.29 is 9.90 Å². The molecule has 0 bridgehead atoms. The quantitative estimate of drug-likeness (QED) is 0.530. The zero-order chi connectivity index (χ0) is 8.97. The first-order chi connectivity index (χ1) is 5.77. The van der Waals surface area contributed by atoms with Crippen LogP contribution in [0.15, 0.2) is 23.2 Å². The number of hydrogen-bond donors (Lipinski definition) is 1. The second-order valence-electron chi connectivity index (χ2n) is 2.48. The molecule has 0 aliphatic carbocycles. The van der Waals surface area contributed by atoms with Crippen molar-refractivity contribution in [1.82, 2.24) is 0 Å². The van der Waals surface area contributed by atoms with Crippen LogP contribution >= 0.6 is 0 Å². The Morgan fingerprint density at radius 3 is 2.83 bits per heavy atom. The van der Waals surface area contributed by atoms with E-state index in [0.717, 1.165) is 11.1 Å². The fourth-order valence-electron chi connectivity index (χ4n) is 0.991. The number of nitrogens with zero attached hydrogens (tertiary/aromatic N) is 1. The second-order valence-corrected chi connectivity index (χ2v) is 2.48. The summed E-state index contributed by atoms with van der Waals surface area (Å²) in [5.41, 5.74) is 2.28. The molecule has 3 nitrogen and oxygen atoms in total. The minimum Gasteiger partial charge on any atom is -0.392 e. The minimum absolute atomic E-state index is 0.00588.